The molecule has 112 valence electrons. The van der Waals surface area contributed by atoms with Crippen LogP contribution in [0.3, 0.4) is 0 Å². The number of benzene rings is 1. The lowest BCUT2D eigenvalue weighted by atomic mass is 10.1. The van der Waals surface area contributed by atoms with E-state index in [0.717, 1.165) is 5.56 Å². The van der Waals surface area contributed by atoms with Crippen LogP contribution in [0.5, 0.6) is 0 Å². The van der Waals surface area contributed by atoms with Crippen molar-refractivity contribution in [2.45, 2.75) is 13.5 Å². The molecule has 0 radical (unpaired) electrons. The summed E-state index contributed by atoms with van der Waals surface area (Å²) >= 11 is 0. The number of hydrogen-bond acceptors (Lipinski definition) is 2. The Bertz CT molecular complexity index is 787. The van der Waals surface area contributed by atoms with Crippen LogP contribution in [0.4, 0.5) is 13.2 Å². The molecule has 0 aliphatic carbocycles. The molecule has 0 atom stereocenters. The molecular formula is C16H12F3N3. The molecule has 0 saturated carbocycles. The Kier molecular flexibility index (Phi) is 3.66. The summed E-state index contributed by atoms with van der Waals surface area (Å²) in [6, 6.07) is 7.05. The van der Waals surface area contributed by atoms with Crippen LogP contribution in [0.1, 0.15) is 11.1 Å². The molecular weight excluding hydrogens is 291 g/mol. The topological polar surface area (TPSA) is 30.7 Å². The lowest BCUT2D eigenvalue weighted by Gasteiger charge is -2.03. The molecule has 0 spiro atoms. The van der Waals surface area contributed by atoms with Crippen LogP contribution >= 0.6 is 0 Å². The van der Waals surface area contributed by atoms with Gasteiger partial charge in [0.2, 0.25) is 5.95 Å². The summed E-state index contributed by atoms with van der Waals surface area (Å²) in [7, 11) is 0. The number of pyridine rings is 1. The van der Waals surface area contributed by atoms with Crippen LogP contribution in [-0.4, -0.2) is 14.8 Å². The van der Waals surface area contributed by atoms with Crippen molar-refractivity contribution in [1.82, 2.24) is 14.8 Å². The lowest BCUT2D eigenvalue weighted by Crippen LogP contribution is -2.01. The Balaban J connectivity index is 1.86. The van der Waals surface area contributed by atoms with E-state index in [1.165, 1.54) is 31.3 Å². The SMILES string of the molecule is Cc1c(F)cc(-c2ccn(Cc3ccc(F)nc3)n2)cc1F. The third-order valence-corrected chi connectivity index (χ3v) is 3.35. The number of aromatic nitrogens is 3. The first-order valence-corrected chi connectivity index (χ1v) is 6.63. The van der Waals surface area contributed by atoms with Crippen molar-refractivity contribution < 1.29 is 13.2 Å². The van der Waals surface area contributed by atoms with Gasteiger partial charge in [0.1, 0.15) is 11.6 Å². The predicted octanol–water partition coefficient (Wildman–Crippen LogP) is 3.72. The second-order valence-corrected chi connectivity index (χ2v) is 4.95. The zero-order chi connectivity index (χ0) is 15.7. The summed E-state index contributed by atoms with van der Waals surface area (Å²) in [6.07, 6.45) is 3.11. The zero-order valence-corrected chi connectivity index (χ0v) is 11.7. The molecule has 0 aliphatic rings. The predicted molar refractivity (Wildman–Crippen MR) is 75.6 cm³/mol. The van der Waals surface area contributed by atoms with Crippen molar-refractivity contribution in [2.24, 2.45) is 0 Å². The van der Waals surface area contributed by atoms with Crippen LogP contribution in [0.2, 0.25) is 0 Å². The maximum atomic E-state index is 13.6. The Morgan fingerprint density at radius 2 is 1.77 bits per heavy atom. The van der Waals surface area contributed by atoms with Gasteiger partial charge < -0.3 is 0 Å². The van der Waals surface area contributed by atoms with Gasteiger partial charge in [-0.25, -0.2) is 13.8 Å². The van der Waals surface area contributed by atoms with Gasteiger partial charge >= 0.3 is 0 Å². The van der Waals surface area contributed by atoms with Crippen molar-refractivity contribution in [3.8, 4) is 11.3 Å². The molecule has 3 aromatic rings. The van der Waals surface area contributed by atoms with Crippen LogP contribution < -0.4 is 0 Å². The van der Waals surface area contributed by atoms with Crippen molar-refractivity contribution >= 4 is 0 Å². The standard InChI is InChI=1S/C16H12F3N3/c1-10-13(17)6-12(7-14(10)18)15-4-5-22(21-15)9-11-2-3-16(19)20-8-11/h2-8H,9H2,1H3. The average molecular weight is 303 g/mol. The highest BCUT2D eigenvalue weighted by molar-refractivity contribution is 5.59. The van der Waals surface area contributed by atoms with Crippen LogP contribution in [-0.2, 0) is 6.54 Å². The monoisotopic (exact) mass is 303 g/mol. The fraction of sp³-hybridized carbons (Fsp3) is 0.125. The Labute approximate surface area is 125 Å². The van der Waals surface area contributed by atoms with Crippen molar-refractivity contribution in [3.63, 3.8) is 0 Å². The number of nitrogens with zero attached hydrogens (tertiary/aromatic N) is 3. The first-order chi connectivity index (χ1) is 10.5. The molecule has 0 fully saturated rings. The highest BCUT2D eigenvalue weighted by atomic mass is 19.1. The molecule has 22 heavy (non-hydrogen) atoms. The van der Waals surface area contributed by atoms with Crippen molar-refractivity contribution in [2.75, 3.05) is 0 Å². The van der Waals surface area contributed by atoms with E-state index in [0.29, 0.717) is 17.8 Å². The Hall–Kier alpha value is -2.63. The number of rotatable bonds is 3. The fourth-order valence-corrected chi connectivity index (χ4v) is 2.08. The number of halogens is 3. The number of hydrogen-bond donors (Lipinski definition) is 0. The molecule has 3 rings (SSSR count). The maximum Gasteiger partial charge on any atom is 0.212 e. The van der Waals surface area contributed by atoms with Gasteiger partial charge in [-0.15, -0.1) is 0 Å². The van der Waals surface area contributed by atoms with Gasteiger partial charge in [0, 0.05) is 23.5 Å². The van der Waals surface area contributed by atoms with Crippen molar-refractivity contribution in [1.29, 1.82) is 0 Å². The van der Waals surface area contributed by atoms with E-state index in [-0.39, 0.29) is 5.56 Å². The minimum Gasteiger partial charge on any atom is -0.268 e. The van der Waals surface area contributed by atoms with E-state index < -0.39 is 17.6 Å². The molecule has 0 aliphatic heterocycles. The van der Waals surface area contributed by atoms with E-state index in [4.69, 9.17) is 0 Å². The summed E-state index contributed by atoms with van der Waals surface area (Å²) < 4.78 is 41.5. The summed E-state index contributed by atoms with van der Waals surface area (Å²) in [6.45, 7) is 1.78. The summed E-state index contributed by atoms with van der Waals surface area (Å²) in [4.78, 5) is 3.57. The van der Waals surface area contributed by atoms with Gasteiger partial charge in [-0.1, -0.05) is 6.07 Å². The summed E-state index contributed by atoms with van der Waals surface area (Å²) in [5, 5.41) is 4.27. The highest BCUT2D eigenvalue weighted by Gasteiger charge is 2.10. The smallest absolute Gasteiger partial charge is 0.212 e. The van der Waals surface area contributed by atoms with Gasteiger partial charge in [0.15, 0.2) is 0 Å². The van der Waals surface area contributed by atoms with E-state index in [1.807, 2.05) is 0 Å². The fourth-order valence-electron chi connectivity index (χ4n) is 2.08. The molecule has 6 heteroatoms. The van der Waals surface area contributed by atoms with Gasteiger partial charge in [-0.2, -0.15) is 9.49 Å². The minimum atomic E-state index is -0.604. The molecule has 2 heterocycles. The quantitative estimate of drug-likeness (QED) is 0.690. The van der Waals surface area contributed by atoms with Crippen LogP contribution in [0, 0.1) is 24.5 Å². The van der Waals surface area contributed by atoms with Gasteiger partial charge in [0.05, 0.1) is 12.2 Å². The molecule has 0 amide bonds. The average Bonchev–Trinajstić information content (AvgIpc) is 2.95. The Morgan fingerprint density at radius 1 is 1.05 bits per heavy atom. The van der Waals surface area contributed by atoms with E-state index >= 15 is 0 Å². The lowest BCUT2D eigenvalue weighted by molar-refractivity contribution is 0.568. The third-order valence-electron chi connectivity index (χ3n) is 3.35. The molecule has 0 unspecified atom stereocenters. The molecule has 2 aromatic heterocycles. The minimum absolute atomic E-state index is 0.0134. The van der Waals surface area contributed by atoms with Gasteiger partial charge in [0.25, 0.3) is 0 Å². The third kappa shape index (κ3) is 2.86. The zero-order valence-electron chi connectivity index (χ0n) is 11.7. The molecule has 0 bridgehead atoms. The maximum absolute atomic E-state index is 13.6. The Morgan fingerprint density at radius 3 is 2.41 bits per heavy atom. The first kappa shape index (κ1) is 14.3. The second kappa shape index (κ2) is 5.63. The van der Waals surface area contributed by atoms with Gasteiger partial charge in [-0.05, 0) is 36.8 Å². The summed E-state index contributed by atoms with van der Waals surface area (Å²) in [5.74, 6) is -1.75. The van der Waals surface area contributed by atoms with Crippen LogP contribution in [0.15, 0.2) is 42.7 Å². The van der Waals surface area contributed by atoms with Crippen molar-refractivity contribution in [3.05, 3.63) is 71.4 Å². The van der Waals surface area contributed by atoms with E-state index in [1.54, 1.807) is 23.0 Å². The second-order valence-electron chi connectivity index (χ2n) is 4.95. The van der Waals surface area contributed by atoms with E-state index in [9.17, 15) is 13.2 Å². The highest BCUT2D eigenvalue weighted by Crippen LogP contribution is 2.22. The molecule has 0 N–H and O–H groups in total. The molecule has 1 aromatic carbocycles. The van der Waals surface area contributed by atoms with Gasteiger partial charge in [-0.3, -0.25) is 4.68 Å². The molecule has 3 nitrogen and oxygen atoms in total. The largest absolute Gasteiger partial charge is 0.268 e. The van der Waals surface area contributed by atoms with E-state index in [2.05, 4.69) is 10.1 Å². The normalized spacial score (nSPS) is 10.9. The molecule has 0 saturated heterocycles. The summed E-state index contributed by atoms with van der Waals surface area (Å²) in [5.41, 5.74) is 1.60. The first-order valence-electron chi connectivity index (χ1n) is 6.63. The van der Waals surface area contributed by atoms with Crippen LogP contribution in [0.25, 0.3) is 11.3 Å².